The summed E-state index contributed by atoms with van der Waals surface area (Å²) in [6.07, 6.45) is 3.62. The van der Waals surface area contributed by atoms with Gasteiger partial charge in [-0.3, -0.25) is 0 Å². The lowest BCUT2D eigenvalue weighted by molar-refractivity contribution is 0.285. The zero-order chi connectivity index (χ0) is 19.7. The van der Waals surface area contributed by atoms with Gasteiger partial charge in [0.2, 0.25) is 0 Å². The van der Waals surface area contributed by atoms with Crippen LogP contribution in [0.2, 0.25) is 0 Å². The first-order valence-electron chi connectivity index (χ1n) is 10.6. The standard InChI is InChI=1S/C27H31P/c1-5-27(4,6-2)26(21-17-15-20(3)16-18-21)28-19-22-11-7-8-12-23(22)24-13-9-10-14-25(24)28/h7-18,26H,5-6,19H2,1-4H3. The van der Waals surface area contributed by atoms with E-state index in [1.165, 1.54) is 46.8 Å². The predicted molar refractivity (Wildman–Crippen MR) is 125 cm³/mol. The molecule has 0 N–H and O–H groups in total. The second-order valence-corrected chi connectivity index (χ2v) is 10.7. The van der Waals surface area contributed by atoms with Crippen LogP contribution >= 0.6 is 7.92 Å². The van der Waals surface area contributed by atoms with Crippen LogP contribution in [-0.4, -0.2) is 0 Å². The van der Waals surface area contributed by atoms with Crippen LogP contribution in [0, 0.1) is 12.3 Å². The maximum Gasteiger partial charge on any atom is 0.0139 e. The van der Waals surface area contributed by atoms with Gasteiger partial charge in [-0.1, -0.05) is 107 Å². The first-order valence-corrected chi connectivity index (χ1v) is 12.2. The molecule has 1 aliphatic heterocycles. The van der Waals surface area contributed by atoms with Gasteiger partial charge >= 0.3 is 0 Å². The molecule has 0 bridgehead atoms. The van der Waals surface area contributed by atoms with Crippen LogP contribution in [-0.2, 0) is 6.16 Å². The summed E-state index contributed by atoms with van der Waals surface area (Å²) in [7, 11) is -0.323. The summed E-state index contributed by atoms with van der Waals surface area (Å²) in [5, 5.41) is 1.59. The minimum Gasteiger partial charge on any atom is -0.0648 e. The Hall–Kier alpha value is -1.91. The molecule has 0 aromatic heterocycles. The van der Waals surface area contributed by atoms with Gasteiger partial charge in [-0.2, -0.15) is 0 Å². The Bertz CT molecular complexity index is 950. The summed E-state index contributed by atoms with van der Waals surface area (Å²) < 4.78 is 0. The molecule has 3 aromatic rings. The van der Waals surface area contributed by atoms with Crippen molar-refractivity contribution in [2.75, 3.05) is 0 Å². The van der Waals surface area contributed by atoms with Crippen LogP contribution in [0.1, 0.15) is 56.0 Å². The molecule has 1 heteroatoms. The third-order valence-corrected chi connectivity index (χ3v) is 10.1. The Morgan fingerprint density at radius 1 is 0.821 bits per heavy atom. The molecule has 0 fully saturated rings. The molecule has 0 aliphatic carbocycles. The Kier molecular flexibility index (Phi) is 5.44. The van der Waals surface area contributed by atoms with Crippen molar-refractivity contribution < 1.29 is 0 Å². The quantitative estimate of drug-likeness (QED) is 0.392. The topological polar surface area (TPSA) is 0 Å². The molecule has 0 saturated heterocycles. The molecule has 0 saturated carbocycles. The maximum absolute atomic E-state index is 2.52. The lowest BCUT2D eigenvalue weighted by Gasteiger charge is -2.44. The molecule has 4 rings (SSSR count). The number of benzene rings is 3. The van der Waals surface area contributed by atoms with Crippen molar-refractivity contribution in [3.8, 4) is 11.1 Å². The first-order chi connectivity index (χ1) is 13.6. The minimum atomic E-state index is -0.323. The van der Waals surface area contributed by atoms with Crippen molar-refractivity contribution >= 4 is 13.2 Å². The van der Waals surface area contributed by atoms with Gasteiger partial charge in [-0.25, -0.2) is 0 Å². The predicted octanol–water partition coefficient (Wildman–Crippen LogP) is 7.85. The van der Waals surface area contributed by atoms with E-state index in [0.29, 0.717) is 11.1 Å². The third kappa shape index (κ3) is 3.33. The molecule has 144 valence electrons. The van der Waals surface area contributed by atoms with Crippen LogP contribution in [0.5, 0.6) is 0 Å². The Morgan fingerprint density at radius 2 is 1.43 bits per heavy atom. The summed E-state index contributed by atoms with van der Waals surface area (Å²) in [6.45, 7) is 9.46. The smallest absolute Gasteiger partial charge is 0.0139 e. The molecular formula is C27H31P. The Morgan fingerprint density at radius 3 is 2.11 bits per heavy atom. The van der Waals surface area contributed by atoms with Gasteiger partial charge in [-0.15, -0.1) is 0 Å². The summed E-state index contributed by atoms with van der Waals surface area (Å²) in [4.78, 5) is 0. The van der Waals surface area contributed by atoms with E-state index in [2.05, 4.69) is 100 Å². The molecule has 2 unspecified atom stereocenters. The monoisotopic (exact) mass is 386 g/mol. The number of rotatable bonds is 5. The average molecular weight is 387 g/mol. The fourth-order valence-electron chi connectivity index (χ4n) is 4.72. The zero-order valence-corrected chi connectivity index (χ0v) is 18.5. The van der Waals surface area contributed by atoms with Crippen LogP contribution < -0.4 is 5.30 Å². The molecule has 3 aromatic carbocycles. The highest BCUT2D eigenvalue weighted by atomic mass is 31.1. The molecule has 1 heterocycles. The minimum absolute atomic E-state index is 0.306. The van der Waals surface area contributed by atoms with E-state index >= 15 is 0 Å². The van der Waals surface area contributed by atoms with Gasteiger partial charge in [0, 0.05) is 5.66 Å². The second kappa shape index (κ2) is 7.84. The van der Waals surface area contributed by atoms with Crippen molar-refractivity contribution in [1.29, 1.82) is 0 Å². The van der Waals surface area contributed by atoms with Crippen LogP contribution in [0.4, 0.5) is 0 Å². The Balaban J connectivity index is 1.91. The van der Waals surface area contributed by atoms with E-state index in [0.717, 1.165) is 0 Å². The van der Waals surface area contributed by atoms with Crippen molar-refractivity contribution in [3.63, 3.8) is 0 Å². The van der Waals surface area contributed by atoms with E-state index in [4.69, 9.17) is 0 Å². The van der Waals surface area contributed by atoms with E-state index in [1.54, 1.807) is 5.30 Å². The highest BCUT2D eigenvalue weighted by Crippen LogP contribution is 2.65. The Labute approximate surface area is 171 Å². The van der Waals surface area contributed by atoms with Crippen molar-refractivity contribution in [2.45, 2.75) is 52.4 Å². The van der Waals surface area contributed by atoms with E-state index in [-0.39, 0.29) is 7.92 Å². The third-order valence-electron chi connectivity index (χ3n) is 6.84. The van der Waals surface area contributed by atoms with Crippen molar-refractivity contribution in [3.05, 3.63) is 89.5 Å². The molecule has 0 amide bonds. The first kappa shape index (κ1) is 19.4. The number of fused-ring (bicyclic) bond motifs is 3. The molecule has 28 heavy (non-hydrogen) atoms. The van der Waals surface area contributed by atoms with E-state index in [1.807, 2.05) is 0 Å². The van der Waals surface area contributed by atoms with Gasteiger partial charge in [0.05, 0.1) is 0 Å². The second-order valence-electron chi connectivity index (χ2n) is 8.48. The fraction of sp³-hybridized carbons (Fsp3) is 0.333. The molecule has 2 atom stereocenters. The number of hydrogen-bond donors (Lipinski definition) is 0. The maximum atomic E-state index is 2.52. The van der Waals surface area contributed by atoms with Gasteiger partial charge < -0.3 is 0 Å². The zero-order valence-electron chi connectivity index (χ0n) is 17.6. The van der Waals surface area contributed by atoms with Crippen molar-refractivity contribution in [1.82, 2.24) is 0 Å². The number of aryl methyl sites for hydroxylation is 1. The van der Waals surface area contributed by atoms with Crippen molar-refractivity contribution in [2.24, 2.45) is 5.41 Å². The average Bonchev–Trinajstić information content (AvgIpc) is 2.75. The summed E-state index contributed by atoms with van der Waals surface area (Å²) >= 11 is 0. The molecule has 0 spiro atoms. The molecule has 0 nitrogen and oxygen atoms in total. The van der Waals surface area contributed by atoms with E-state index < -0.39 is 0 Å². The van der Waals surface area contributed by atoms with Gasteiger partial charge in [0.1, 0.15) is 0 Å². The molecule has 0 radical (unpaired) electrons. The lowest BCUT2D eigenvalue weighted by Crippen LogP contribution is -2.28. The fourth-order valence-corrected chi connectivity index (χ4v) is 8.42. The molecule has 1 aliphatic rings. The summed E-state index contributed by atoms with van der Waals surface area (Å²) in [5.74, 6) is 0. The van der Waals surface area contributed by atoms with Gasteiger partial charge in [-0.05, 0) is 58.9 Å². The SMILES string of the molecule is CCC(C)(CC)C(c1ccc(C)cc1)P1Cc2ccccc2-c2ccccc21. The van der Waals surface area contributed by atoms with Crippen LogP contribution in [0.15, 0.2) is 72.8 Å². The summed E-state index contributed by atoms with van der Waals surface area (Å²) in [6, 6.07) is 27.6. The van der Waals surface area contributed by atoms with Gasteiger partial charge in [0.15, 0.2) is 0 Å². The highest BCUT2D eigenvalue weighted by Gasteiger charge is 2.40. The van der Waals surface area contributed by atoms with Gasteiger partial charge in [0.25, 0.3) is 0 Å². The largest absolute Gasteiger partial charge is 0.0648 e. The van der Waals surface area contributed by atoms with Crippen LogP contribution in [0.25, 0.3) is 11.1 Å². The summed E-state index contributed by atoms with van der Waals surface area (Å²) in [5.41, 5.74) is 8.18. The van der Waals surface area contributed by atoms with E-state index in [9.17, 15) is 0 Å². The normalized spacial score (nSPS) is 16.9. The van der Waals surface area contributed by atoms with Crippen LogP contribution in [0.3, 0.4) is 0 Å². The highest BCUT2D eigenvalue weighted by molar-refractivity contribution is 7.65. The molecular weight excluding hydrogens is 355 g/mol. The number of hydrogen-bond acceptors (Lipinski definition) is 0. The lowest BCUT2D eigenvalue weighted by atomic mass is 9.78.